The first-order valence-corrected chi connectivity index (χ1v) is 7.99. The molecule has 0 saturated heterocycles. The van der Waals surface area contributed by atoms with Crippen molar-refractivity contribution in [3.8, 4) is 0 Å². The van der Waals surface area contributed by atoms with Crippen LogP contribution in [0.2, 0.25) is 0 Å². The van der Waals surface area contributed by atoms with Gasteiger partial charge in [-0.1, -0.05) is 65.9 Å². The van der Waals surface area contributed by atoms with E-state index in [0.29, 0.717) is 6.54 Å². The summed E-state index contributed by atoms with van der Waals surface area (Å²) in [5.74, 6) is 0. The number of nitrogens with one attached hydrogen (secondary N) is 1. The second-order valence-electron chi connectivity index (χ2n) is 5.06. The van der Waals surface area contributed by atoms with Crippen molar-refractivity contribution >= 4 is 16.5 Å². The molecule has 0 atom stereocenters. The minimum atomic E-state index is -2.43. The van der Waals surface area contributed by atoms with Crippen LogP contribution in [0.1, 0.15) is 28.1 Å². The van der Waals surface area contributed by atoms with Crippen molar-refractivity contribution in [2.24, 2.45) is 0 Å². The first kappa shape index (κ1) is 15.6. The van der Waals surface area contributed by atoms with Gasteiger partial charge in [-0.25, -0.2) is 8.78 Å². The number of halogens is 2. The van der Waals surface area contributed by atoms with Crippen molar-refractivity contribution in [3.63, 3.8) is 0 Å². The number of hydrogen-bond donors (Lipinski definition) is 1. The van der Waals surface area contributed by atoms with Gasteiger partial charge < -0.3 is 5.32 Å². The van der Waals surface area contributed by atoms with Gasteiger partial charge in [0.2, 0.25) is 5.13 Å². The number of anilines is 1. The van der Waals surface area contributed by atoms with Gasteiger partial charge in [-0.15, -0.1) is 10.2 Å². The van der Waals surface area contributed by atoms with E-state index < -0.39 is 6.43 Å². The van der Waals surface area contributed by atoms with Crippen molar-refractivity contribution in [1.29, 1.82) is 0 Å². The monoisotopic (exact) mass is 331 g/mol. The molecule has 3 aromatic rings. The quantitative estimate of drug-likeness (QED) is 0.713. The van der Waals surface area contributed by atoms with Gasteiger partial charge in [-0.05, 0) is 11.1 Å². The van der Waals surface area contributed by atoms with E-state index in [1.54, 1.807) is 12.1 Å². The van der Waals surface area contributed by atoms with Crippen LogP contribution in [0.4, 0.5) is 13.9 Å². The Morgan fingerprint density at radius 1 is 0.913 bits per heavy atom. The SMILES string of the molecule is FC(F)c1ccc(CNc2nnc(Cc3ccccc3)s2)cc1. The molecule has 3 rings (SSSR count). The Morgan fingerprint density at radius 2 is 1.65 bits per heavy atom. The van der Waals surface area contributed by atoms with E-state index in [9.17, 15) is 8.78 Å². The lowest BCUT2D eigenvalue weighted by Crippen LogP contribution is -1.99. The molecule has 3 nitrogen and oxygen atoms in total. The number of benzene rings is 2. The molecular weight excluding hydrogens is 316 g/mol. The number of alkyl halides is 2. The molecule has 6 heteroatoms. The van der Waals surface area contributed by atoms with Crippen LogP contribution in [0, 0.1) is 0 Å². The summed E-state index contributed by atoms with van der Waals surface area (Å²) in [4.78, 5) is 0. The first-order valence-electron chi connectivity index (χ1n) is 7.18. The van der Waals surface area contributed by atoms with Crippen LogP contribution in [0.15, 0.2) is 54.6 Å². The fourth-order valence-corrected chi connectivity index (χ4v) is 2.90. The minimum Gasteiger partial charge on any atom is -0.356 e. The standard InChI is InChI=1S/C17H15F2N3S/c18-16(19)14-8-6-13(7-9-14)11-20-17-22-21-15(23-17)10-12-4-2-1-3-5-12/h1-9,16H,10-11H2,(H,20,22). The highest BCUT2D eigenvalue weighted by molar-refractivity contribution is 7.15. The number of aromatic nitrogens is 2. The van der Waals surface area contributed by atoms with Crippen molar-refractivity contribution < 1.29 is 8.78 Å². The van der Waals surface area contributed by atoms with Gasteiger partial charge >= 0.3 is 0 Å². The summed E-state index contributed by atoms with van der Waals surface area (Å²) in [7, 11) is 0. The Kier molecular flexibility index (Phi) is 4.92. The van der Waals surface area contributed by atoms with Crippen molar-refractivity contribution in [2.45, 2.75) is 19.4 Å². The topological polar surface area (TPSA) is 37.8 Å². The highest BCUT2D eigenvalue weighted by Crippen LogP contribution is 2.21. The Labute approximate surface area is 137 Å². The van der Waals surface area contributed by atoms with E-state index in [1.807, 2.05) is 18.2 Å². The van der Waals surface area contributed by atoms with Crippen LogP contribution >= 0.6 is 11.3 Å². The van der Waals surface area contributed by atoms with E-state index in [0.717, 1.165) is 22.1 Å². The largest absolute Gasteiger partial charge is 0.356 e. The molecule has 0 fully saturated rings. The van der Waals surface area contributed by atoms with Crippen LogP contribution in [-0.2, 0) is 13.0 Å². The molecular formula is C17H15F2N3S. The molecule has 0 saturated carbocycles. The summed E-state index contributed by atoms with van der Waals surface area (Å²) in [6, 6.07) is 16.4. The van der Waals surface area contributed by atoms with Gasteiger partial charge in [0.15, 0.2) is 0 Å². The Bertz CT molecular complexity index is 742. The number of nitrogens with zero attached hydrogens (tertiary/aromatic N) is 2. The van der Waals surface area contributed by atoms with Crippen LogP contribution < -0.4 is 5.32 Å². The summed E-state index contributed by atoms with van der Waals surface area (Å²) in [6.07, 6.45) is -1.68. The molecule has 0 aliphatic carbocycles. The molecule has 0 amide bonds. The predicted molar refractivity (Wildman–Crippen MR) is 87.9 cm³/mol. The highest BCUT2D eigenvalue weighted by Gasteiger charge is 2.07. The van der Waals surface area contributed by atoms with Crippen molar-refractivity contribution in [2.75, 3.05) is 5.32 Å². The Hall–Kier alpha value is -2.34. The van der Waals surface area contributed by atoms with Crippen LogP contribution in [0.5, 0.6) is 0 Å². The molecule has 0 spiro atoms. The third-order valence-electron chi connectivity index (χ3n) is 3.34. The molecule has 0 aliphatic rings. The van der Waals surface area contributed by atoms with Crippen molar-refractivity contribution in [1.82, 2.24) is 10.2 Å². The average molecular weight is 331 g/mol. The van der Waals surface area contributed by atoms with Crippen molar-refractivity contribution in [3.05, 3.63) is 76.3 Å². The van der Waals surface area contributed by atoms with Gasteiger partial charge in [0, 0.05) is 18.5 Å². The molecule has 2 aromatic carbocycles. The zero-order chi connectivity index (χ0) is 16.1. The zero-order valence-corrected chi connectivity index (χ0v) is 13.1. The maximum Gasteiger partial charge on any atom is 0.263 e. The first-order chi connectivity index (χ1) is 11.2. The van der Waals surface area contributed by atoms with Crippen LogP contribution in [0.25, 0.3) is 0 Å². The second-order valence-corrected chi connectivity index (χ2v) is 6.12. The molecule has 1 aromatic heterocycles. The van der Waals surface area contributed by atoms with Gasteiger partial charge in [-0.3, -0.25) is 0 Å². The van der Waals surface area contributed by atoms with Crippen LogP contribution in [-0.4, -0.2) is 10.2 Å². The number of hydrogen-bond acceptors (Lipinski definition) is 4. The molecule has 0 aliphatic heterocycles. The maximum atomic E-state index is 12.5. The van der Waals surface area contributed by atoms with Gasteiger partial charge in [0.25, 0.3) is 6.43 Å². The molecule has 0 radical (unpaired) electrons. The van der Waals surface area contributed by atoms with E-state index in [-0.39, 0.29) is 5.56 Å². The second kappa shape index (κ2) is 7.28. The Morgan fingerprint density at radius 3 is 2.35 bits per heavy atom. The zero-order valence-electron chi connectivity index (χ0n) is 12.2. The van der Waals surface area contributed by atoms with E-state index in [2.05, 4.69) is 27.6 Å². The summed E-state index contributed by atoms with van der Waals surface area (Å²) < 4.78 is 25.0. The summed E-state index contributed by atoms with van der Waals surface area (Å²) >= 11 is 1.50. The normalized spacial score (nSPS) is 10.9. The Balaban J connectivity index is 1.56. The lowest BCUT2D eigenvalue weighted by molar-refractivity contribution is 0.151. The fraction of sp³-hybridized carbons (Fsp3) is 0.176. The third-order valence-corrected chi connectivity index (χ3v) is 4.22. The van der Waals surface area contributed by atoms with Crippen LogP contribution in [0.3, 0.4) is 0 Å². The highest BCUT2D eigenvalue weighted by atomic mass is 32.1. The summed E-state index contributed by atoms with van der Waals surface area (Å²) in [5.41, 5.74) is 2.15. The lowest BCUT2D eigenvalue weighted by atomic mass is 10.1. The molecule has 118 valence electrons. The molecule has 0 bridgehead atoms. The predicted octanol–water partition coefficient (Wildman–Crippen LogP) is 4.68. The van der Waals surface area contributed by atoms with Gasteiger partial charge in [-0.2, -0.15) is 0 Å². The lowest BCUT2D eigenvalue weighted by Gasteiger charge is -2.04. The van der Waals surface area contributed by atoms with E-state index in [1.165, 1.54) is 29.0 Å². The molecule has 23 heavy (non-hydrogen) atoms. The third kappa shape index (κ3) is 4.32. The molecule has 0 unspecified atom stereocenters. The number of rotatable bonds is 6. The van der Waals surface area contributed by atoms with E-state index in [4.69, 9.17) is 0 Å². The molecule has 1 N–H and O–H groups in total. The summed E-state index contributed by atoms with van der Waals surface area (Å²) in [5, 5.41) is 13.1. The maximum absolute atomic E-state index is 12.5. The smallest absolute Gasteiger partial charge is 0.263 e. The molecule has 1 heterocycles. The average Bonchev–Trinajstić information content (AvgIpc) is 3.02. The fourth-order valence-electron chi connectivity index (χ4n) is 2.13. The van der Waals surface area contributed by atoms with Gasteiger partial charge in [0.05, 0.1) is 0 Å². The minimum absolute atomic E-state index is 0.0369. The van der Waals surface area contributed by atoms with Gasteiger partial charge in [0.1, 0.15) is 5.01 Å². The summed E-state index contributed by atoms with van der Waals surface area (Å²) in [6.45, 7) is 0.531. The van der Waals surface area contributed by atoms with E-state index >= 15 is 0 Å².